The van der Waals surface area contributed by atoms with Crippen molar-refractivity contribution in [2.75, 3.05) is 20.1 Å². The largest absolute Gasteiger partial charge is 0.473 e. The molecule has 5 rings (SSSR count). The smallest absolute Gasteiger partial charge is 0.228 e. The zero-order valence-corrected chi connectivity index (χ0v) is 19.6. The predicted molar refractivity (Wildman–Crippen MR) is 123 cm³/mol. The molecule has 0 bridgehead atoms. The molecular weight excluding hydrogens is 434 g/mol. The van der Waals surface area contributed by atoms with Gasteiger partial charge in [0.2, 0.25) is 17.7 Å². The fraction of sp³-hybridized carbons (Fsp3) is 0.400. The lowest BCUT2D eigenvalue weighted by Gasteiger charge is -2.30. The number of carbonyl (C=O) groups excluding carboxylic acids is 2. The summed E-state index contributed by atoms with van der Waals surface area (Å²) < 4.78 is 11.4. The number of rotatable bonds is 5. The molecule has 3 aromatic heterocycles. The maximum absolute atomic E-state index is 12.9. The number of aromatic nitrogens is 3. The summed E-state index contributed by atoms with van der Waals surface area (Å²) in [6.45, 7) is 5.70. The number of hydrogen-bond donors (Lipinski definition) is 0. The average Bonchev–Trinajstić information content (AvgIpc) is 3.38. The van der Waals surface area contributed by atoms with Gasteiger partial charge in [-0.25, -0.2) is 4.98 Å². The van der Waals surface area contributed by atoms with Crippen molar-refractivity contribution in [1.82, 2.24) is 24.9 Å². The van der Waals surface area contributed by atoms with E-state index in [1.807, 2.05) is 36.9 Å². The number of hydrogen-bond acceptors (Lipinski definition) is 7. The van der Waals surface area contributed by atoms with Crippen LogP contribution in [0.4, 0.5) is 0 Å². The molecule has 3 aromatic rings. The second-order valence-corrected chi connectivity index (χ2v) is 9.02. The first kappa shape index (κ1) is 22.1. The molecule has 34 heavy (non-hydrogen) atoms. The van der Waals surface area contributed by atoms with Gasteiger partial charge in [0, 0.05) is 62.8 Å². The molecule has 0 N–H and O–H groups in total. The maximum atomic E-state index is 12.9. The van der Waals surface area contributed by atoms with E-state index in [9.17, 15) is 9.59 Å². The van der Waals surface area contributed by atoms with E-state index in [0.717, 1.165) is 34.4 Å². The molecule has 9 heteroatoms. The van der Waals surface area contributed by atoms with Gasteiger partial charge in [-0.2, -0.15) is 0 Å². The molecule has 2 aliphatic rings. The summed E-state index contributed by atoms with van der Waals surface area (Å²) in [4.78, 5) is 37.0. The Balaban J connectivity index is 1.25. The van der Waals surface area contributed by atoms with Crippen LogP contribution in [0, 0.1) is 19.8 Å². The lowest BCUT2D eigenvalue weighted by atomic mass is 9.99. The predicted octanol–water partition coefficient (Wildman–Crippen LogP) is 2.69. The Labute approximate surface area is 197 Å². The lowest BCUT2D eigenvalue weighted by molar-refractivity contribution is -0.136. The second kappa shape index (κ2) is 8.89. The minimum atomic E-state index is -0.251. The number of carbonyl (C=O) groups is 2. The SMILES string of the molecule is Cc1ccc(-c2noc(C)c2COc2cc3c(cn2)CN(C(=O)C2CC(=O)N(C)C2)CC3)cn1. The lowest BCUT2D eigenvalue weighted by Crippen LogP contribution is -2.40. The summed E-state index contributed by atoms with van der Waals surface area (Å²) >= 11 is 0. The van der Waals surface area contributed by atoms with Crippen LogP contribution in [0.2, 0.25) is 0 Å². The summed E-state index contributed by atoms with van der Waals surface area (Å²) in [5, 5.41) is 4.19. The molecule has 1 unspecified atom stereocenters. The Morgan fingerprint density at radius 1 is 1.21 bits per heavy atom. The number of amides is 2. The van der Waals surface area contributed by atoms with Crippen LogP contribution >= 0.6 is 0 Å². The van der Waals surface area contributed by atoms with Crippen molar-refractivity contribution < 1.29 is 18.8 Å². The summed E-state index contributed by atoms with van der Waals surface area (Å²) in [5.74, 6) is 1.04. The third-order valence-electron chi connectivity index (χ3n) is 6.61. The third kappa shape index (κ3) is 4.25. The van der Waals surface area contributed by atoms with Gasteiger partial charge in [-0.3, -0.25) is 14.6 Å². The minimum Gasteiger partial charge on any atom is -0.473 e. The van der Waals surface area contributed by atoms with Crippen LogP contribution in [0.25, 0.3) is 11.3 Å². The first-order chi connectivity index (χ1) is 16.4. The van der Waals surface area contributed by atoms with Crippen molar-refractivity contribution in [3.05, 3.63) is 58.7 Å². The van der Waals surface area contributed by atoms with Crippen molar-refractivity contribution in [3.8, 4) is 17.1 Å². The fourth-order valence-electron chi connectivity index (χ4n) is 4.51. The molecule has 1 fully saturated rings. The summed E-state index contributed by atoms with van der Waals surface area (Å²) in [5.41, 5.74) is 5.52. The van der Waals surface area contributed by atoms with Gasteiger partial charge in [-0.05, 0) is 43.5 Å². The third-order valence-corrected chi connectivity index (χ3v) is 6.61. The van der Waals surface area contributed by atoms with Gasteiger partial charge < -0.3 is 19.1 Å². The van der Waals surface area contributed by atoms with Gasteiger partial charge in [-0.15, -0.1) is 0 Å². The normalized spacial score (nSPS) is 17.7. The van der Waals surface area contributed by atoms with E-state index in [-0.39, 0.29) is 24.3 Å². The Hall–Kier alpha value is -3.75. The zero-order valence-electron chi connectivity index (χ0n) is 19.6. The van der Waals surface area contributed by atoms with Gasteiger partial charge in [-0.1, -0.05) is 5.16 Å². The van der Waals surface area contributed by atoms with Crippen molar-refractivity contribution in [3.63, 3.8) is 0 Å². The van der Waals surface area contributed by atoms with Gasteiger partial charge in [0.25, 0.3) is 0 Å². The van der Waals surface area contributed by atoms with Crippen molar-refractivity contribution in [2.45, 2.75) is 39.8 Å². The van der Waals surface area contributed by atoms with Crippen LogP contribution < -0.4 is 4.74 Å². The molecule has 0 radical (unpaired) electrons. The Morgan fingerprint density at radius 2 is 2.06 bits per heavy atom. The number of pyridine rings is 2. The van der Waals surface area contributed by atoms with Crippen LogP contribution in [0.15, 0.2) is 35.1 Å². The molecule has 2 amide bonds. The molecule has 2 aliphatic heterocycles. The highest BCUT2D eigenvalue weighted by Crippen LogP contribution is 2.28. The van der Waals surface area contributed by atoms with E-state index >= 15 is 0 Å². The summed E-state index contributed by atoms with van der Waals surface area (Å²) in [7, 11) is 1.74. The first-order valence-electron chi connectivity index (χ1n) is 11.4. The van der Waals surface area contributed by atoms with Crippen LogP contribution in [0.5, 0.6) is 5.88 Å². The Morgan fingerprint density at radius 3 is 2.79 bits per heavy atom. The van der Waals surface area contributed by atoms with Crippen molar-refractivity contribution >= 4 is 11.8 Å². The number of likely N-dealkylation sites (tertiary alicyclic amines) is 1. The molecule has 176 valence electrons. The van der Waals surface area contributed by atoms with E-state index in [2.05, 4.69) is 15.1 Å². The number of ether oxygens (including phenoxy) is 1. The Kier molecular flexibility index (Phi) is 5.77. The zero-order chi connectivity index (χ0) is 23.8. The maximum Gasteiger partial charge on any atom is 0.228 e. The quantitative estimate of drug-likeness (QED) is 0.576. The summed E-state index contributed by atoms with van der Waals surface area (Å²) in [6.07, 6.45) is 4.58. The summed E-state index contributed by atoms with van der Waals surface area (Å²) in [6, 6.07) is 5.85. The van der Waals surface area contributed by atoms with Crippen molar-refractivity contribution in [1.29, 1.82) is 0 Å². The highest BCUT2D eigenvalue weighted by atomic mass is 16.5. The molecule has 1 atom stereocenters. The molecular formula is C25H27N5O4. The average molecular weight is 462 g/mol. The number of aryl methyl sites for hydroxylation is 2. The van der Waals surface area contributed by atoms with Gasteiger partial charge in [0.15, 0.2) is 0 Å². The number of nitrogens with zero attached hydrogens (tertiary/aromatic N) is 5. The van der Waals surface area contributed by atoms with Crippen molar-refractivity contribution in [2.24, 2.45) is 5.92 Å². The van der Waals surface area contributed by atoms with E-state index in [0.29, 0.717) is 43.4 Å². The first-order valence-corrected chi connectivity index (χ1v) is 11.4. The van der Waals surface area contributed by atoms with E-state index < -0.39 is 0 Å². The van der Waals surface area contributed by atoms with Gasteiger partial charge in [0.05, 0.1) is 11.5 Å². The van der Waals surface area contributed by atoms with E-state index in [4.69, 9.17) is 9.26 Å². The monoisotopic (exact) mass is 461 g/mol. The Bertz CT molecular complexity index is 1240. The van der Waals surface area contributed by atoms with Crippen LogP contribution in [-0.2, 0) is 29.2 Å². The van der Waals surface area contributed by atoms with Gasteiger partial charge in [0.1, 0.15) is 18.1 Å². The number of fused-ring (bicyclic) bond motifs is 1. The minimum absolute atomic E-state index is 0.0316. The van der Waals surface area contributed by atoms with Crippen LogP contribution in [-0.4, -0.2) is 56.9 Å². The highest BCUT2D eigenvalue weighted by molar-refractivity contribution is 5.89. The van der Waals surface area contributed by atoms with E-state index in [1.165, 1.54) is 0 Å². The molecule has 0 spiro atoms. The van der Waals surface area contributed by atoms with E-state index in [1.54, 1.807) is 24.3 Å². The highest BCUT2D eigenvalue weighted by Gasteiger charge is 2.35. The van der Waals surface area contributed by atoms with Crippen LogP contribution in [0.3, 0.4) is 0 Å². The molecule has 9 nitrogen and oxygen atoms in total. The van der Waals surface area contributed by atoms with Gasteiger partial charge >= 0.3 is 0 Å². The molecule has 1 saturated heterocycles. The molecule has 0 aliphatic carbocycles. The second-order valence-electron chi connectivity index (χ2n) is 9.02. The molecule has 0 saturated carbocycles. The molecule has 0 aromatic carbocycles. The fourth-order valence-corrected chi connectivity index (χ4v) is 4.51. The standard InChI is InChI=1S/C25H27N5O4/c1-15-4-5-18(10-26-15)24-21(16(2)34-28-24)14-33-22-8-17-6-7-30(13-20(17)11-27-22)25(32)19-9-23(31)29(3)12-19/h4-5,8,10-11,19H,6-7,9,12-14H2,1-3H3. The molecule has 5 heterocycles. The van der Waals surface area contributed by atoms with Crippen LogP contribution in [0.1, 0.15) is 34.6 Å². The topological polar surface area (TPSA) is 102 Å².